The van der Waals surface area contributed by atoms with Crippen LogP contribution in [0, 0.1) is 0 Å². The molecule has 106 valence electrons. The second-order valence-electron chi connectivity index (χ2n) is 4.77. The molecule has 2 aromatic rings. The lowest BCUT2D eigenvalue weighted by Crippen LogP contribution is -2.17. The number of hydrogen-bond acceptors (Lipinski definition) is 6. The van der Waals surface area contributed by atoms with E-state index in [-0.39, 0.29) is 6.10 Å². The van der Waals surface area contributed by atoms with Gasteiger partial charge in [0.25, 0.3) is 0 Å². The highest BCUT2D eigenvalue weighted by molar-refractivity contribution is 5.73. The summed E-state index contributed by atoms with van der Waals surface area (Å²) in [5.74, 6) is 1.36. The van der Waals surface area contributed by atoms with Crippen LogP contribution < -0.4 is 10.5 Å². The van der Waals surface area contributed by atoms with E-state index in [1.807, 2.05) is 12.1 Å². The van der Waals surface area contributed by atoms with Crippen LogP contribution in [-0.2, 0) is 11.3 Å². The molecule has 0 bridgehead atoms. The molecule has 7 nitrogen and oxygen atoms in total. The second-order valence-corrected chi connectivity index (χ2v) is 4.77. The number of rotatable bonds is 4. The van der Waals surface area contributed by atoms with Gasteiger partial charge in [-0.3, -0.25) is 0 Å². The van der Waals surface area contributed by atoms with Gasteiger partial charge in [-0.1, -0.05) is 0 Å². The van der Waals surface area contributed by atoms with Gasteiger partial charge in [0.15, 0.2) is 5.82 Å². The summed E-state index contributed by atoms with van der Waals surface area (Å²) in [5.41, 5.74) is 7.41. The van der Waals surface area contributed by atoms with E-state index in [2.05, 4.69) is 15.5 Å². The maximum atomic E-state index is 6.02. The molecule has 1 unspecified atom stereocenters. The van der Waals surface area contributed by atoms with Gasteiger partial charge in [0.1, 0.15) is 5.75 Å². The molecule has 1 atom stereocenters. The van der Waals surface area contributed by atoms with Crippen LogP contribution in [0.25, 0.3) is 11.4 Å². The molecule has 0 saturated carbocycles. The molecule has 0 aliphatic carbocycles. The van der Waals surface area contributed by atoms with Gasteiger partial charge in [-0.05, 0) is 41.5 Å². The van der Waals surface area contributed by atoms with E-state index in [1.54, 1.807) is 17.9 Å². The van der Waals surface area contributed by atoms with Gasteiger partial charge >= 0.3 is 0 Å². The summed E-state index contributed by atoms with van der Waals surface area (Å²) in [5, 5.41) is 11.9. The molecule has 0 spiro atoms. The van der Waals surface area contributed by atoms with Crippen LogP contribution in [0.5, 0.6) is 5.75 Å². The van der Waals surface area contributed by atoms with Crippen LogP contribution in [0.3, 0.4) is 0 Å². The predicted octanol–water partition coefficient (Wildman–Crippen LogP) is 1.11. The molecule has 7 heteroatoms. The van der Waals surface area contributed by atoms with E-state index < -0.39 is 0 Å². The first-order chi connectivity index (χ1) is 9.78. The lowest BCUT2D eigenvalue weighted by atomic mass is 10.1. The van der Waals surface area contributed by atoms with E-state index in [1.165, 1.54) is 0 Å². The zero-order valence-electron chi connectivity index (χ0n) is 11.3. The second kappa shape index (κ2) is 5.46. The highest BCUT2D eigenvalue weighted by Gasteiger charge is 2.20. The molecule has 20 heavy (non-hydrogen) atoms. The molecule has 2 N–H and O–H groups in total. The van der Waals surface area contributed by atoms with Crippen LogP contribution in [0.1, 0.15) is 12.8 Å². The quantitative estimate of drug-likeness (QED) is 0.841. The smallest absolute Gasteiger partial charge is 0.184 e. The lowest BCUT2D eigenvalue weighted by molar-refractivity contribution is 0.0939. The highest BCUT2D eigenvalue weighted by Crippen LogP contribution is 2.28. The Kier molecular flexibility index (Phi) is 3.51. The third-order valence-corrected chi connectivity index (χ3v) is 3.43. The van der Waals surface area contributed by atoms with Crippen molar-refractivity contribution in [3.63, 3.8) is 0 Å². The number of hydrogen-bond donors (Lipinski definition) is 1. The van der Waals surface area contributed by atoms with Crippen LogP contribution in [-0.4, -0.2) is 40.0 Å². The summed E-state index contributed by atoms with van der Waals surface area (Å²) in [7, 11) is 1.62. The van der Waals surface area contributed by atoms with E-state index in [0.29, 0.717) is 18.1 Å². The van der Waals surface area contributed by atoms with E-state index >= 15 is 0 Å². The first kappa shape index (κ1) is 12.9. The Hall–Kier alpha value is -2.15. The third-order valence-electron chi connectivity index (χ3n) is 3.43. The molecule has 2 heterocycles. The third kappa shape index (κ3) is 2.44. The Morgan fingerprint density at radius 1 is 1.50 bits per heavy atom. The molecular formula is C13H17N5O2. The monoisotopic (exact) mass is 275 g/mol. The van der Waals surface area contributed by atoms with Crippen molar-refractivity contribution in [1.29, 1.82) is 0 Å². The van der Waals surface area contributed by atoms with Gasteiger partial charge in [0, 0.05) is 17.9 Å². The minimum absolute atomic E-state index is 0.170. The van der Waals surface area contributed by atoms with E-state index in [4.69, 9.17) is 15.2 Å². The molecular weight excluding hydrogens is 258 g/mol. The lowest BCUT2D eigenvalue weighted by Gasteiger charge is -2.12. The molecule has 1 aliphatic heterocycles. The number of aromatic nitrogens is 4. The number of tetrazole rings is 1. The molecule has 0 radical (unpaired) electrons. The topological polar surface area (TPSA) is 88.1 Å². The first-order valence-corrected chi connectivity index (χ1v) is 6.59. The number of benzene rings is 1. The van der Waals surface area contributed by atoms with Gasteiger partial charge in [-0.25, -0.2) is 4.68 Å². The molecule has 3 rings (SSSR count). The Balaban J connectivity index is 1.92. The molecule has 1 saturated heterocycles. The maximum Gasteiger partial charge on any atom is 0.184 e. The Morgan fingerprint density at radius 2 is 2.40 bits per heavy atom. The first-order valence-electron chi connectivity index (χ1n) is 6.59. The summed E-state index contributed by atoms with van der Waals surface area (Å²) in [4.78, 5) is 0. The van der Waals surface area contributed by atoms with Gasteiger partial charge < -0.3 is 15.2 Å². The number of nitrogens with zero attached hydrogens (tertiary/aromatic N) is 4. The number of nitrogen functional groups attached to an aromatic ring is 1. The van der Waals surface area contributed by atoms with Gasteiger partial charge in [-0.15, -0.1) is 5.10 Å². The van der Waals surface area contributed by atoms with Crippen molar-refractivity contribution in [2.75, 3.05) is 19.5 Å². The fourth-order valence-electron chi connectivity index (χ4n) is 2.36. The van der Waals surface area contributed by atoms with Gasteiger partial charge in [0.2, 0.25) is 0 Å². The van der Waals surface area contributed by atoms with Crippen LogP contribution >= 0.6 is 0 Å². The Labute approximate surface area is 116 Å². The summed E-state index contributed by atoms with van der Waals surface area (Å²) >= 11 is 0. The summed E-state index contributed by atoms with van der Waals surface area (Å²) < 4.78 is 12.6. The van der Waals surface area contributed by atoms with Crippen molar-refractivity contribution in [3.8, 4) is 17.1 Å². The van der Waals surface area contributed by atoms with E-state index in [9.17, 15) is 0 Å². The number of anilines is 1. The zero-order chi connectivity index (χ0) is 13.9. The van der Waals surface area contributed by atoms with Crippen molar-refractivity contribution < 1.29 is 9.47 Å². The molecule has 1 aromatic heterocycles. The molecule has 1 aliphatic rings. The fraction of sp³-hybridized carbons (Fsp3) is 0.462. The standard InChI is InChI=1S/C13H17N5O2/c1-19-9-4-5-12(14)11(7-9)13-15-16-17-18(13)8-10-3-2-6-20-10/h4-5,7,10H,2-3,6,8,14H2,1H3. The molecule has 1 aromatic carbocycles. The average Bonchev–Trinajstić information content (AvgIpc) is 3.12. The normalized spacial score (nSPS) is 18.4. The van der Waals surface area contributed by atoms with Crippen LogP contribution in [0.2, 0.25) is 0 Å². The van der Waals surface area contributed by atoms with Crippen molar-refractivity contribution in [2.45, 2.75) is 25.5 Å². The minimum atomic E-state index is 0.170. The average molecular weight is 275 g/mol. The number of nitrogens with two attached hydrogens (primary N) is 1. The van der Waals surface area contributed by atoms with Crippen molar-refractivity contribution >= 4 is 5.69 Å². The van der Waals surface area contributed by atoms with E-state index in [0.717, 1.165) is 30.8 Å². The maximum absolute atomic E-state index is 6.02. The molecule has 1 fully saturated rings. The fourth-order valence-corrected chi connectivity index (χ4v) is 2.36. The van der Waals surface area contributed by atoms with Crippen molar-refractivity contribution in [2.24, 2.45) is 0 Å². The van der Waals surface area contributed by atoms with Crippen LogP contribution in [0.15, 0.2) is 18.2 Å². The summed E-state index contributed by atoms with van der Waals surface area (Å²) in [6, 6.07) is 5.44. The zero-order valence-corrected chi connectivity index (χ0v) is 11.3. The van der Waals surface area contributed by atoms with Gasteiger partial charge in [0.05, 0.1) is 19.8 Å². The Morgan fingerprint density at radius 3 is 3.15 bits per heavy atom. The minimum Gasteiger partial charge on any atom is -0.497 e. The van der Waals surface area contributed by atoms with Crippen LogP contribution in [0.4, 0.5) is 5.69 Å². The Bertz CT molecular complexity index is 592. The van der Waals surface area contributed by atoms with Gasteiger partial charge in [-0.2, -0.15) is 0 Å². The summed E-state index contributed by atoms with van der Waals surface area (Å²) in [6.07, 6.45) is 2.29. The van der Waals surface area contributed by atoms with Crippen molar-refractivity contribution in [1.82, 2.24) is 20.2 Å². The van der Waals surface area contributed by atoms with Crippen molar-refractivity contribution in [3.05, 3.63) is 18.2 Å². The molecule has 0 amide bonds. The number of methoxy groups -OCH3 is 1. The largest absolute Gasteiger partial charge is 0.497 e. The number of ether oxygens (including phenoxy) is 2. The highest BCUT2D eigenvalue weighted by atomic mass is 16.5. The SMILES string of the molecule is COc1ccc(N)c(-c2nnnn2CC2CCCO2)c1. The predicted molar refractivity (Wildman–Crippen MR) is 73.2 cm³/mol. The summed E-state index contributed by atoms with van der Waals surface area (Å²) in [6.45, 7) is 1.45.